The first-order chi connectivity index (χ1) is 8.33. The van der Waals surface area contributed by atoms with Crippen LogP contribution in [-0.2, 0) is 5.41 Å². The summed E-state index contributed by atoms with van der Waals surface area (Å²) in [7, 11) is 0. The lowest BCUT2D eigenvalue weighted by Crippen LogP contribution is -2.32. The Morgan fingerprint density at radius 2 is 1.44 bits per heavy atom. The molecule has 102 valence electrons. The topological polar surface area (TPSA) is 0 Å². The van der Waals surface area contributed by atoms with Crippen molar-refractivity contribution in [3.05, 3.63) is 35.6 Å². The van der Waals surface area contributed by atoms with E-state index in [9.17, 15) is 4.39 Å². The van der Waals surface area contributed by atoms with E-state index in [1.165, 1.54) is 12.1 Å². The molecule has 0 saturated heterocycles. The highest BCUT2D eigenvalue weighted by Crippen LogP contribution is 2.36. The Hall–Kier alpha value is -0.270. The zero-order valence-corrected chi connectivity index (χ0v) is 12.8. The van der Waals surface area contributed by atoms with Gasteiger partial charge in [0, 0.05) is 17.2 Å². The van der Waals surface area contributed by atoms with Crippen molar-refractivity contribution in [3.8, 4) is 0 Å². The molecule has 0 saturated carbocycles. The van der Waals surface area contributed by atoms with Crippen molar-refractivity contribution in [3.63, 3.8) is 0 Å². The molecule has 0 radical (unpaired) electrons. The van der Waals surface area contributed by atoms with Gasteiger partial charge in [0.05, 0.1) is 0 Å². The highest BCUT2D eigenvalue weighted by Gasteiger charge is 2.32. The first-order valence-corrected chi connectivity index (χ1v) is 7.28. The van der Waals surface area contributed by atoms with Crippen molar-refractivity contribution >= 4 is 23.2 Å². The highest BCUT2D eigenvalue weighted by molar-refractivity contribution is 6.22. The molecule has 0 unspecified atom stereocenters. The minimum absolute atomic E-state index is 0.229. The van der Waals surface area contributed by atoms with E-state index in [0.29, 0.717) is 11.8 Å². The van der Waals surface area contributed by atoms with Crippen molar-refractivity contribution in [2.75, 3.05) is 11.8 Å². The predicted octanol–water partition coefficient (Wildman–Crippen LogP) is 5.37. The highest BCUT2D eigenvalue weighted by atomic mass is 35.5. The van der Waals surface area contributed by atoms with Crippen LogP contribution in [0.4, 0.5) is 4.39 Å². The number of halogens is 3. The van der Waals surface area contributed by atoms with Crippen LogP contribution in [0.1, 0.15) is 39.2 Å². The van der Waals surface area contributed by atoms with Gasteiger partial charge in [-0.05, 0) is 36.0 Å². The maximum atomic E-state index is 13.0. The summed E-state index contributed by atoms with van der Waals surface area (Å²) in [6.45, 7) is 6.60. The second-order valence-electron chi connectivity index (χ2n) is 6.12. The molecule has 0 aliphatic heterocycles. The SMILES string of the molecule is CC(C)(C)CCC(CCl)(CCl)c1ccc(F)cc1. The summed E-state index contributed by atoms with van der Waals surface area (Å²) in [4.78, 5) is 0. The minimum Gasteiger partial charge on any atom is -0.207 e. The lowest BCUT2D eigenvalue weighted by atomic mass is 9.75. The standard InChI is InChI=1S/C15H21Cl2F/c1-14(2,3)8-9-15(10-16,11-17)12-4-6-13(18)7-5-12/h4-7H,8-11H2,1-3H3. The molecule has 0 spiro atoms. The van der Waals surface area contributed by atoms with Crippen molar-refractivity contribution in [1.29, 1.82) is 0 Å². The Bertz CT molecular complexity index is 361. The average molecular weight is 291 g/mol. The van der Waals surface area contributed by atoms with Gasteiger partial charge in [-0.1, -0.05) is 32.9 Å². The molecule has 0 heterocycles. The van der Waals surface area contributed by atoms with Crippen molar-refractivity contribution in [2.45, 2.75) is 39.0 Å². The van der Waals surface area contributed by atoms with Crippen LogP contribution in [0.15, 0.2) is 24.3 Å². The number of rotatable bonds is 5. The van der Waals surface area contributed by atoms with Crippen LogP contribution < -0.4 is 0 Å². The van der Waals surface area contributed by atoms with E-state index < -0.39 is 0 Å². The minimum atomic E-state index is -0.260. The zero-order valence-electron chi connectivity index (χ0n) is 11.3. The molecule has 0 fully saturated rings. The number of benzene rings is 1. The van der Waals surface area contributed by atoms with Gasteiger partial charge in [-0.15, -0.1) is 23.2 Å². The Balaban J connectivity index is 2.95. The first-order valence-electron chi connectivity index (χ1n) is 6.21. The van der Waals surface area contributed by atoms with E-state index in [-0.39, 0.29) is 16.6 Å². The fourth-order valence-electron chi connectivity index (χ4n) is 1.89. The van der Waals surface area contributed by atoms with Gasteiger partial charge in [0.2, 0.25) is 0 Å². The van der Waals surface area contributed by atoms with E-state index >= 15 is 0 Å². The average Bonchev–Trinajstić information content (AvgIpc) is 2.32. The van der Waals surface area contributed by atoms with Gasteiger partial charge in [0.1, 0.15) is 5.82 Å². The summed E-state index contributed by atoms with van der Waals surface area (Å²) < 4.78 is 13.0. The third kappa shape index (κ3) is 4.13. The molecular weight excluding hydrogens is 270 g/mol. The molecule has 0 amide bonds. The van der Waals surface area contributed by atoms with Crippen LogP contribution in [0, 0.1) is 11.2 Å². The largest absolute Gasteiger partial charge is 0.207 e. The third-order valence-corrected chi connectivity index (χ3v) is 4.34. The van der Waals surface area contributed by atoms with Crippen LogP contribution in [0.2, 0.25) is 0 Å². The van der Waals surface area contributed by atoms with E-state index in [0.717, 1.165) is 18.4 Å². The molecule has 0 N–H and O–H groups in total. The molecule has 0 aromatic heterocycles. The van der Waals surface area contributed by atoms with Crippen molar-refractivity contribution < 1.29 is 4.39 Å². The van der Waals surface area contributed by atoms with Gasteiger partial charge in [0.25, 0.3) is 0 Å². The van der Waals surface area contributed by atoms with Gasteiger partial charge in [-0.25, -0.2) is 4.39 Å². The molecule has 1 aromatic rings. The predicted molar refractivity (Wildman–Crippen MR) is 78.2 cm³/mol. The fraction of sp³-hybridized carbons (Fsp3) is 0.600. The van der Waals surface area contributed by atoms with Crippen LogP contribution in [0.25, 0.3) is 0 Å². The monoisotopic (exact) mass is 290 g/mol. The second kappa shape index (κ2) is 6.25. The third-order valence-electron chi connectivity index (χ3n) is 3.32. The van der Waals surface area contributed by atoms with Crippen LogP contribution in [-0.4, -0.2) is 11.8 Å². The van der Waals surface area contributed by atoms with Crippen molar-refractivity contribution in [1.82, 2.24) is 0 Å². The summed E-state index contributed by atoms with van der Waals surface area (Å²) >= 11 is 12.3. The molecule has 0 nitrogen and oxygen atoms in total. The summed E-state index contributed by atoms with van der Waals surface area (Å²) in [6.07, 6.45) is 1.94. The van der Waals surface area contributed by atoms with E-state index in [2.05, 4.69) is 20.8 Å². The lowest BCUT2D eigenvalue weighted by Gasteiger charge is -2.33. The summed E-state index contributed by atoms with van der Waals surface area (Å²) in [5, 5.41) is 0. The summed E-state index contributed by atoms with van der Waals surface area (Å²) in [5.41, 5.74) is 1.01. The Morgan fingerprint density at radius 1 is 0.944 bits per heavy atom. The number of alkyl halides is 2. The van der Waals surface area contributed by atoms with Gasteiger partial charge in [-0.2, -0.15) is 0 Å². The number of hydrogen-bond donors (Lipinski definition) is 0. The normalized spacial score (nSPS) is 12.8. The van der Waals surface area contributed by atoms with E-state index in [4.69, 9.17) is 23.2 Å². The quantitative estimate of drug-likeness (QED) is 0.640. The Kier molecular flexibility index (Phi) is 5.48. The Morgan fingerprint density at radius 3 is 1.83 bits per heavy atom. The molecule has 0 aliphatic carbocycles. The lowest BCUT2D eigenvalue weighted by molar-refractivity contribution is 0.318. The van der Waals surface area contributed by atoms with Crippen LogP contribution in [0.3, 0.4) is 0 Å². The van der Waals surface area contributed by atoms with Crippen LogP contribution >= 0.6 is 23.2 Å². The molecular formula is C15H21Cl2F. The zero-order chi connectivity index (χ0) is 13.8. The molecule has 3 heteroatoms. The smallest absolute Gasteiger partial charge is 0.123 e. The van der Waals surface area contributed by atoms with Crippen molar-refractivity contribution in [2.24, 2.45) is 5.41 Å². The molecule has 18 heavy (non-hydrogen) atoms. The molecule has 1 aromatic carbocycles. The van der Waals surface area contributed by atoms with E-state index in [1.807, 2.05) is 0 Å². The van der Waals surface area contributed by atoms with Gasteiger partial charge in [0.15, 0.2) is 0 Å². The maximum absolute atomic E-state index is 13.0. The Labute approximate surface area is 119 Å². The van der Waals surface area contributed by atoms with Gasteiger partial charge >= 0.3 is 0 Å². The number of hydrogen-bond acceptors (Lipinski definition) is 0. The van der Waals surface area contributed by atoms with E-state index in [1.54, 1.807) is 12.1 Å². The molecule has 0 bridgehead atoms. The van der Waals surface area contributed by atoms with Crippen LogP contribution in [0.5, 0.6) is 0 Å². The molecule has 0 aliphatic rings. The fourth-order valence-corrected chi connectivity index (χ4v) is 2.75. The molecule has 1 rings (SSSR count). The van der Waals surface area contributed by atoms with Gasteiger partial charge in [-0.3, -0.25) is 0 Å². The maximum Gasteiger partial charge on any atom is 0.123 e. The molecule has 0 atom stereocenters. The summed E-state index contributed by atoms with van der Waals surface area (Å²) in [5.74, 6) is 0.684. The second-order valence-corrected chi connectivity index (χ2v) is 6.65. The first kappa shape index (κ1) is 15.8. The summed E-state index contributed by atoms with van der Waals surface area (Å²) in [6, 6.07) is 6.53. The van der Waals surface area contributed by atoms with Gasteiger partial charge < -0.3 is 0 Å².